The highest BCUT2D eigenvalue weighted by atomic mass is 16.6. The number of carbonyl (C=O) groups is 1. The van der Waals surface area contributed by atoms with Crippen LogP contribution in [-0.4, -0.2) is 27.5 Å². The predicted molar refractivity (Wildman–Crippen MR) is 66.6 cm³/mol. The van der Waals surface area contributed by atoms with Gasteiger partial charge in [0, 0.05) is 6.07 Å². The molecule has 0 aromatic carbocycles. The summed E-state index contributed by atoms with van der Waals surface area (Å²) in [5.41, 5.74) is -0.129. The van der Waals surface area contributed by atoms with Crippen molar-refractivity contribution in [3.05, 3.63) is 40.4 Å². The quantitative estimate of drug-likeness (QED) is 0.500. The smallest absolute Gasteiger partial charge is 0.376 e. The molecule has 2 aromatic heterocycles. The number of nitrogens with one attached hydrogen (secondary N) is 1. The predicted octanol–water partition coefficient (Wildman–Crippen LogP) is 1.90. The molecule has 0 radical (unpaired) electrons. The van der Waals surface area contributed by atoms with Crippen molar-refractivity contribution in [3.63, 3.8) is 0 Å². The van der Waals surface area contributed by atoms with E-state index in [0.29, 0.717) is 5.82 Å². The number of hydrogen-bond donors (Lipinski definition) is 1. The van der Waals surface area contributed by atoms with Gasteiger partial charge in [0.15, 0.2) is 0 Å². The van der Waals surface area contributed by atoms with Crippen LogP contribution < -0.4 is 5.32 Å². The molecule has 2 heterocycles. The number of anilines is 2. The third-order valence-corrected chi connectivity index (χ3v) is 2.18. The molecule has 2 aromatic rings. The van der Waals surface area contributed by atoms with E-state index in [2.05, 4.69) is 15.3 Å². The Hall–Kier alpha value is -2.97. The molecule has 0 bridgehead atoms. The van der Waals surface area contributed by atoms with E-state index >= 15 is 0 Å². The number of esters is 1. The van der Waals surface area contributed by atoms with E-state index < -0.39 is 10.9 Å². The molecule has 104 valence electrons. The zero-order valence-corrected chi connectivity index (χ0v) is 10.4. The minimum absolute atomic E-state index is 0.0365. The molecule has 0 fully saturated rings. The molecule has 0 unspecified atom stereocenters. The molecule has 20 heavy (non-hydrogen) atoms. The molecule has 9 nitrogen and oxygen atoms in total. The maximum Gasteiger partial charge on any atom is 0.376 e. The average Bonchev–Trinajstić information content (AvgIpc) is 2.88. The molecule has 0 amide bonds. The van der Waals surface area contributed by atoms with Crippen LogP contribution in [-0.2, 0) is 4.74 Å². The highest BCUT2D eigenvalue weighted by molar-refractivity contribution is 5.86. The normalized spacial score (nSPS) is 10.1. The zero-order chi connectivity index (χ0) is 14.5. The van der Waals surface area contributed by atoms with Crippen molar-refractivity contribution in [2.24, 2.45) is 0 Å². The van der Waals surface area contributed by atoms with Gasteiger partial charge in [-0.25, -0.2) is 14.8 Å². The Balaban J connectivity index is 2.06. The number of rotatable bonds is 5. The maximum atomic E-state index is 11.4. The number of ether oxygens (including phenoxy) is 1. The second kappa shape index (κ2) is 5.78. The van der Waals surface area contributed by atoms with Crippen molar-refractivity contribution in [2.45, 2.75) is 6.92 Å². The average molecular weight is 278 g/mol. The van der Waals surface area contributed by atoms with Crippen molar-refractivity contribution in [1.29, 1.82) is 0 Å². The Labute approximate surface area is 112 Å². The molecule has 0 aliphatic heterocycles. The van der Waals surface area contributed by atoms with Gasteiger partial charge in [0.1, 0.15) is 12.0 Å². The second-order valence-electron chi connectivity index (χ2n) is 3.53. The van der Waals surface area contributed by atoms with Gasteiger partial charge in [0.2, 0.25) is 5.76 Å². The fourth-order valence-electron chi connectivity index (χ4n) is 1.31. The van der Waals surface area contributed by atoms with Gasteiger partial charge in [0.25, 0.3) is 5.69 Å². The van der Waals surface area contributed by atoms with E-state index in [4.69, 9.17) is 9.15 Å². The molecular formula is C11H10N4O5. The lowest BCUT2D eigenvalue weighted by Gasteiger charge is -2.00. The van der Waals surface area contributed by atoms with E-state index in [0.717, 1.165) is 6.20 Å². The summed E-state index contributed by atoms with van der Waals surface area (Å²) in [5, 5.41) is 13.1. The summed E-state index contributed by atoms with van der Waals surface area (Å²) in [6.07, 6.45) is 2.31. The summed E-state index contributed by atoms with van der Waals surface area (Å²) in [4.78, 5) is 28.9. The number of aromatic nitrogens is 2. The van der Waals surface area contributed by atoms with Gasteiger partial charge < -0.3 is 9.15 Å². The molecule has 0 saturated heterocycles. The van der Waals surface area contributed by atoms with E-state index in [-0.39, 0.29) is 24.1 Å². The van der Waals surface area contributed by atoms with Crippen molar-refractivity contribution >= 4 is 23.5 Å². The van der Waals surface area contributed by atoms with E-state index in [1.807, 2.05) is 0 Å². The molecule has 0 atom stereocenters. The maximum absolute atomic E-state index is 11.4. The van der Waals surface area contributed by atoms with Crippen molar-refractivity contribution in [1.82, 2.24) is 9.97 Å². The zero-order valence-electron chi connectivity index (χ0n) is 10.4. The Bertz CT molecular complexity index is 622. The van der Waals surface area contributed by atoms with Crippen LogP contribution in [0.3, 0.4) is 0 Å². The first kappa shape index (κ1) is 13.5. The molecule has 0 spiro atoms. The monoisotopic (exact) mass is 278 g/mol. The SMILES string of the molecule is CCOC(=O)c1cnc(Nc2ccc([N+](=O)[O-])cn2)o1. The number of pyridine rings is 1. The molecular weight excluding hydrogens is 268 g/mol. The lowest BCUT2D eigenvalue weighted by Crippen LogP contribution is -2.02. The molecule has 0 aliphatic rings. The van der Waals surface area contributed by atoms with Crippen LogP contribution in [0.25, 0.3) is 0 Å². The minimum atomic E-state index is -0.621. The van der Waals surface area contributed by atoms with Crippen molar-refractivity contribution < 1.29 is 18.9 Å². The number of hydrogen-bond acceptors (Lipinski definition) is 8. The van der Waals surface area contributed by atoms with Gasteiger partial charge >= 0.3 is 12.0 Å². The first-order valence-electron chi connectivity index (χ1n) is 5.60. The van der Waals surface area contributed by atoms with Gasteiger partial charge in [-0.2, -0.15) is 0 Å². The molecule has 1 N–H and O–H groups in total. The van der Waals surface area contributed by atoms with Crippen LogP contribution in [0.1, 0.15) is 17.5 Å². The fourth-order valence-corrected chi connectivity index (χ4v) is 1.31. The van der Waals surface area contributed by atoms with Crippen LogP contribution in [0.15, 0.2) is 28.9 Å². The van der Waals surface area contributed by atoms with Crippen LogP contribution in [0, 0.1) is 10.1 Å². The Morgan fingerprint density at radius 3 is 2.85 bits per heavy atom. The number of nitro groups is 1. The van der Waals surface area contributed by atoms with Crippen LogP contribution >= 0.6 is 0 Å². The van der Waals surface area contributed by atoms with Gasteiger partial charge in [-0.15, -0.1) is 0 Å². The molecule has 0 aliphatic carbocycles. The Morgan fingerprint density at radius 2 is 2.25 bits per heavy atom. The summed E-state index contributed by atoms with van der Waals surface area (Å²) in [6, 6.07) is 2.71. The van der Waals surface area contributed by atoms with Crippen molar-refractivity contribution in [2.75, 3.05) is 11.9 Å². The summed E-state index contributed by atoms with van der Waals surface area (Å²) in [7, 11) is 0. The Kier molecular flexibility index (Phi) is 3.89. The second-order valence-corrected chi connectivity index (χ2v) is 3.53. The van der Waals surface area contributed by atoms with Gasteiger partial charge in [-0.3, -0.25) is 15.4 Å². The Morgan fingerprint density at radius 1 is 1.45 bits per heavy atom. The summed E-state index contributed by atoms with van der Waals surface area (Å²) in [5.74, 6) is -0.367. The topological polar surface area (TPSA) is 120 Å². The third-order valence-electron chi connectivity index (χ3n) is 2.18. The van der Waals surface area contributed by atoms with E-state index in [1.54, 1.807) is 6.92 Å². The highest BCUT2D eigenvalue weighted by Gasteiger charge is 2.14. The highest BCUT2D eigenvalue weighted by Crippen LogP contribution is 2.17. The number of nitrogens with zero attached hydrogens (tertiary/aromatic N) is 3. The van der Waals surface area contributed by atoms with Crippen LogP contribution in [0.5, 0.6) is 0 Å². The van der Waals surface area contributed by atoms with Gasteiger partial charge in [0.05, 0.1) is 17.7 Å². The van der Waals surface area contributed by atoms with E-state index in [1.165, 1.54) is 18.3 Å². The molecule has 9 heteroatoms. The van der Waals surface area contributed by atoms with Crippen LogP contribution in [0.2, 0.25) is 0 Å². The third kappa shape index (κ3) is 3.07. The van der Waals surface area contributed by atoms with Crippen LogP contribution in [0.4, 0.5) is 17.5 Å². The summed E-state index contributed by atoms with van der Waals surface area (Å²) >= 11 is 0. The fraction of sp³-hybridized carbons (Fsp3) is 0.182. The molecule has 2 rings (SSSR count). The van der Waals surface area contributed by atoms with E-state index in [9.17, 15) is 14.9 Å². The lowest BCUT2D eigenvalue weighted by molar-refractivity contribution is -0.385. The molecule has 0 saturated carbocycles. The summed E-state index contributed by atoms with van der Waals surface area (Å²) in [6.45, 7) is 1.90. The first-order chi connectivity index (χ1) is 9.60. The van der Waals surface area contributed by atoms with Gasteiger partial charge in [-0.05, 0) is 13.0 Å². The standard InChI is InChI=1S/C11H10N4O5/c1-2-19-10(16)8-6-13-11(20-8)14-9-4-3-7(5-12-9)15(17)18/h3-6H,2H2,1H3,(H,12,13,14). The van der Waals surface area contributed by atoms with Gasteiger partial charge in [-0.1, -0.05) is 0 Å². The summed E-state index contributed by atoms with van der Waals surface area (Å²) < 4.78 is 9.85. The first-order valence-corrected chi connectivity index (χ1v) is 5.60. The lowest BCUT2D eigenvalue weighted by atomic mass is 10.4. The van der Waals surface area contributed by atoms with Crippen molar-refractivity contribution in [3.8, 4) is 0 Å². The largest absolute Gasteiger partial charge is 0.460 e. The number of oxazole rings is 1. The number of carbonyl (C=O) groups excluding carboxylic acids is 1. The minimum Gasteiger partial charge on any atom is -0.460 e.